The molecule has 0 aliphatic rings. The third-order valence-electron chi connectivity index (χ3n) is 3.07. The van der Waals surface area contributed by atoms with Gasteiger partial charge in [-0.25, -0.2) is 4.79 Å². The summed E-state index contributed by atoms with van der Waals surface area (Å²) >= 11 is 0. The first-order valence-corrected chi connectivity index (χ1v) is 6.03. The number of aryl methyl sites for hydroxylation is 2. The van der Waals surface area contributed by atoms with Crippen molar-refractivity contribution in [1.82, 2.24) is 18.7 Å². The van der Waals surface area contributed by atoms with E-state index in [0.29, 0.717) is 30.2 Å². The van der Waals surface area contributed by atoms with Gasteiger partial charge in [-0.15, -0.1) is 0 Å². The van der Waals surface area contributed by atoms with Gasteiger partial charge in [0.15, 0.2) is 11.2 Å². The van der Waals surface area contributed by atoms with Gasteiger partial charge in [-0.1, -0.05) is 0 Å². The Balaban J connectivity index is 2.82. The van der Waals surface area contributed by atoms with Crippen LogP contribution in [0.1, 0.15) is 6.92 Å². The number of aliphatic hydroxyl groups is 1. The second-order valence-electron chi connectivity index (χ2n) is 4.21. The lowest BCUT2D eigenvalue weighted by Crippen LogP contribution is -2.38. The Morgan fingerprint density at radius 2 is 1.95 bits per heavy atom. The topological polar surface area (TPSA) is 94.1 Å². The monoisotopic (exact) mass is 267 g/mol. The maximum Gasteiger partial charge on any atom is 0.332 e. The highest BCUT2D eigenvalue weighted by Crippen LogP contribution is 2.13. The molecule has 19 heavy (non-hydrogen) atoms. The number of anilines is 1. The first-order valence-electron chi connectivity index (χ1n) is 6.03. The molecule has 0 aliphatic heterocycles. The molecule has 2 rings (SSSR count). The zero-order chi connectivity index (χ0) is 14.2. The summed E-state index contributed by atoms with van der Waals surface area (Å²) in [5.41, 5.74) is -0.0357. The van der Waals surface area contributed by atoms with Crippen LogP contribution in [0, 0.1) is 0 Å². The van der Waals surface area contributed by atoms with E-state index in [4.69, 9.17) is 5.11 Å². The van der Waals surface area contributed by atoms with E-state index in [9.17, 15) is 9.59 Å². The first kappa shape index (κ1) is 13.3. The van der Waals surface area contributed by atoms with Gasteiger partial charge < -0.3 is 15.0 Å². The molecule has 104 valence electrons. The zero-order valence-electron chi connectivity index (χ0n) is 11.2. The summed E-state index contributed by atoms with van der Waals surface area (Å²) in [4.78, 5) is 28.4. The molecule has 2 aromatic rings. The number of aliphatic hydroxyl groups excluding tert-OH is 1. The molecular formula is C11H17N5O3. The predicted molar refractivity (Wildman–Crippen MR) is 71.5 cm³/mol. The van der Waals surface area contributed by atoms with Crippen LogP contribution in [0.4, 0.5) is 5.95 Å². The largest absolute Gasteiger partial charge is 0.395 e. The third kappa shape index (κ3) is 1.93. The Bertz CT molecular complexity index is 724. The van der Waals surface area contributed by atoms with Gasteiger partial charge >= 0.3 is 5.69 Å². The Kier molecular flexibility index (Phi) is 3.43. The second kappa shape index (κ2) is 4.88. The number of aromatic nitrogens is 4. The number of fused-ring (bicyclic) bond motifs is 1. The highest BCUT2D eigenvalue weighted by Gasteiger charge is 2.17. The van der Waals surface area contributed by atoms with Gasteiger partial charge in [-0.05, 0) is 6.92 Å². The number of imidazole rings is 1. The molecule has 2 heterocycles. The standard InChI is InChI=1S/C11H17N5O3/c1-4-16-8-7(9(18)15(3)11(16)19)14(2)10(13-8)12-5-6-17/h17H,4-6H2,1-3H3,(H,12,13). The maximum atomic E-state index is 12.1. The van der Waals surface area contributed by atoms with Gasteiger partial charge in [-0.2, -0.15) is 4.98 Å². The van der Waals surface area contributed by atoms with E-state index in [-0.39, 0.29) is 17.9 Å². The number of nitrogens with zero attached hydrogens (tertiary/aromatic N) is 4. The summed E-state index contributed by atoms with van der Waals surface area (Å²) in [5, 5.41) is 11.7. The van der Waals surface area contributed by atoms with Crippen molar-refractivity contribution in [3.05, 3.63) is 20.8 Å². The Hall–Kier alpha value is -2.09. The van der Waals surface area contributed by atoms with Crippen LogP contribution in [0.15, 0.2) is 9.59 Å². The minimum atomic E-state index is -0.383. The summed E-state index contributed by atoms with van der Waals surface area (Å²) in [7, 11) is 3.14. The molecule has 0 saturated heterocycles. The molecule has 0 atom stereocenters. The van der Waals surface area contributed by atoms with Crippen LogP contribution >= 0.6 is 0 Å². The molecule has 2 N–H and O–H groups in total. The molecule has 0 amide bonds. The van der Waals surface area contributed by atoms with Crippen molar-refractivity contribution in [3.8, 4) is 0 Å². The molecule has 0 spiro atoms. The van der Waals surface area contributed by atoms with Crippen molar-refractivity contribution in [2.45, 2.75) is 13.5 Å². The van der Waals surface area contributed by atoms with E-state index in [1.807, 2.05) is 6.92 Å². The van der Waals surface area contributed by atoms with Crippen LogP contribution < -0.4 is 16.6 Å². The fourth-order valence-corrected chi connectivity index (χ4v) is 2.04. The van der Waals surface area contributed by atoms with Crippen LogP contribution in [0.25, 0.3) is 11.2 Å². The van der Waals surface area contributed by atoms with Gasteiger partial charge in [0.25, 0.3) is 5.56 Å². The van der Waals surface area contributed by atoms with Crippen molar-refractivity contribution in [1.29, 1.82) is 0 Å². The van der Waals surface area contributed by atoms with E-state index in [2.05, 4.69) is 10.3 Å². The van der Waals surface area contributed by atoms with Crippen molar-refractivity contribution in [2.24, 2.45) is 14.1 Å². The molecule has 8 heteroatoms. The van der Waals surface area contributed by atoms with Crippen LogP contribution in [0.2, 0.25) is 0 Å². The second-order valence-corrected chi connectivity index (χ2v) is 4.21. The average molecular weight is 267 g/mol. The highest BCUT2D eigenvalue weighted by molar-refractivity contribution is 5.74. The molecule has 2 aromatic heterocycles. The lowest BCUT2D eigenvalue weighted by Gasteiger charge is -2.06. The first-order chi connectivity index (χ1) is 9.02. The smallest absolute Gasteiger partial charge is 0.332 e. The Morgan fingerprint density at radius 3 is 2.53 bits per heavy atom. The van der Waals surface area contributed by atoms with Crippen LogP contribution in [0.3, 0.4) is 0 Å². The maximum absolute atomic E-state index is 12.1. The minimum Gasteiger partial charge on any atom is -0.395 e. The molecule has 0 aromatic carbocycles. The molecular weight excluding hydrogens is 250 g/mol. The van der Waals surface area contributed by atoms with E-state index < -0.39 is 0 Å². The predicted octanol–water partition coefficient (Wildman–Crippen LogP) is -1.14. The normalized spacial score (nSPS) is 11.2. The van der Waals surface area contributed by atoms with E-state index in [1.165, 1.54) is 11.6 Å². The van der Waals surface area contributed by atoms with Crippen molar-refractivity contribution in [2.75, 3.05) is 18.5 Å². The van der Waals surface area contributed by atoms with Crippen molar-refractivity contribution in [3.63, 3.8) is 0 Å². The quantitative estimate of drug-likeness (QED) is 0.730. The molecule has 8 nitrogen and oxygen atoms in total. The highest BCUT2D eigenvalue weighted by atomic mass is 16.3. The molecule has 0 fully saturated rings. The molecule has 0 aliphatic carbocycles. The van der Waals surface area contributed by atoms with Gasteiger partial charge in [0, 0.05) is 27.2 Å². The Morgan fingerprint density at radius 1 is 1.26 bits per heavy atom. The van der Waals surface area contributed by atoms with E-state index >= 15 is 0 Å². The van der Waals surface area contributed by atoms with Gasteiger partial charge in [0.05, 0.1) is 6.61 Å². The third-order valence-corrected chi connectivity index (χ3v) is 3.07. The van der Waals surface area contributed by atoms with Crippen LogP contribution in [-0.2, 0) is 20.6 Å². The summed E-state index contributed by atoms with van der Waals surface area (Å²) in [6.07, 6.45) is 0. The summed E-state index contributed by atoms with van der Waals surface area (Å²) < 4.78 is 4.11. The summed E-state index contributed by atoms with van der Waals surface area (Å²) in [5.74, 6) is 0.453. The molecule has 0 saturated carbocycles. The number of hydrogen-bond acceptors (Lipinski definition) is 5. The van der Waals surface area contributed by atoms with Gasteiger partial charge in [0.2, 0.25) is 5.95 Å². The Labute approximate surface area is 108 Å². The van der Waals surface area contributed by atoms with Gasteiger partial charge in [0.1, 0.15) is 0 Å². The SMILES string of the molecule is CCn1c(=O)n(C)c(=O)c2c1nc(NCCO)n2C. The zero-order valence-corrected chi connectivity index (χ0v) is 11.2. The summed E-state index contributed by atoms with van der Waals surface area (Å²) in [6.45, 7) is 2.54. The lowest BCUT2D eigenvalue weighted by molar-refractivity contribution is 0.310. The van der Waals surface area contributed by atoms with Gasteiger partial charge in [-0.3, -0.25) is 13.9 Å². The summed E-state index contributed by atoms with van der Waals surface area (Å²) in [6, 6.07) is 0. The number of hydrogen-bond donors (Lipinski definition) is 2. The van der Waals surface area contributed by atoms with E-state index in [1.54, 1.807) is 11.6 Å². The lowest BCUT2D eigenvalue weighted by atomic mass is 10.5. The molecule has 0 bridgehead atoms. The van der Waals surface area contributed by atoms with Crippen molar-refractivity contribution >= 4 is 17.1 Å². The minimum absolute atomic E-state index is 0.0399. The molecule has 0 radical (unpaired) electrons. The fraction of sp³-hybridized carbons (Fsp3) is 0.545. The van der Waals surface area contributed by atoms with Crippen LogP contribution in [-0.4, -0.2) is 36.9 Å². The van der Waals surface area contributed by atoms with Crippen LogP contribution in [0.5, 0.6) is 0 Å². The number of rotatable bonds is 4. The van der Waals surface area contributed by atoms with E-state index in [0.717, 1.165) is 4.57 Å². The average Bonchev–Trinajstić information content (AvgIpc) is 2.72. The fourth-order valence-electron chi connectivity index (χ4n) is 2.04. The number of nitrogens with one attached hydrogen (secondary N) is 1. The molecule has 0 unspecified atom stereocenters. The van der Waals surface area contributed by atoms with Crippen molar-refractivity contribution < 1.29 is 5.11 Å².